The van der Waals surface area contributed by atoms with Gasteiger partial charge in [-0.1, -0.05) is 0 Å². The summed E-state index contributed by atoms with van der Waals surface area (Å²) in [5.41, 5.74) is 0.220. The van der Waals surface area contributed by atoms with Gasteiger partial charge in [-0.05, 0) is 30.9 Å². The predicted octanol–water partition coefficient (Wildman–Crippen LogP) is 1.23. The molecule has 0 N–H and O–H groups in total. The molecule has 0 aromatic carbocycles. The van der Waals surface area contributed by atoms with Crippen LogP contribution in [-0.2, 0) is 14.3 Å². The van der Waals surface area contributed by atoms with E-state index < -0.39 is 0 Å². The Morgan fingerprint density at radius 1 is 1.33 bits per heavy atom. The molecule has 0 atom stereocenters. The maximum absolute atomic E-state index is 12.0. The summed E-state index contributed by atoms with van der Waals surface area (Å²) in [6.07, 6.45) is 5.61. The Morgan fingerprint density at radius 2 is 2.05 bits per heavy atom. The molecule has 0 aromatic rings. The summed E-state index contributed by atoms with van der Waals surface area (Å²) < 4.78 is 5.09. The first-order chi connectivity index (χ1) is 10.1. The molecule has 2 heterocycles. The monoisotopic (exact) mass is 314 g/mol. The van der Waals surface area contributed by atoms with Gasteiger partial charge in [-0.2, -0.15) is 11.8 Å². The van der Waals surface area contributed by atoms with Crippen molar-refractivity contribution in [2.45, 2.75) is 25.7 Å². The van der Waals surface area contributed by atoms with E-state index in [1.54, 1.807) is 18.9 Å². The third kappa shape index (κ3) is 4.13. The SMILES string of the molecule is COCCN1CC2(CCC1=O)CCN(C(=O)CSC)CC2. The fourth-order valence-corrected chi connectivity index (χ4v) is 3.79. The van der Waals surface area contributed by atoms with E-state index in [-0.39, 0.29) is 17.2 Å². The number of ether oxygens (including phenoxy) is 1. The van der Waals surface area contributed by atoms with Crippen molar-refractivity contribution >= 4 is 23.6 Å². The van der Waals surface area contributed by atoms with Crippen LogP contribution in [0.3, 0.4) is 0 Å². The van der Waals surface area contributed by atoms with Gasteiger partial charge in [-0.3, -0.25) is 9.59 Å². The topological polar surface area (TPSA) is 49.9 Å². The van der Waals surface area contributed by atoms with E-state index >= 15 is 0 Å². The zero-order valence-corrected chi connectivity index (χ0v) is 13.9. The fourth-order valence-electron chi connectivity index (χ4n) is 3.36. The first-order valence-electron chi connectivity index (χ1n) is 7.64. The smallest absolute Gasteiger partial charge is 0.232 e. The fraction of sp³-hybridized carbons (Fsp3) is 0.867. The maximum Gasteiger partial charge on any atom is 0.232 e. The molecule has 5 nitrogen and oxygen atoms in total. The summed E-state index contributed by atoms with van der Waals surface area (Å²) in [5.74, 6) is 1.07. The Kier molecular flexibility index (Phi) is 5.93. The van der Waals surface area contributed by atoms with Gasteiger partial charge in [0, 0.05) is 39.7 Å². The van der Waals surface area contributed by atoms with Crippen LogP contribution in [0.5, 0.6) is 0 Å². The molecule has 2 aliphatic rings. The molecule has 0 aromatic heterocycles. The van der Waals surface area contributed by atoms with Gasteiger partial charge in [0.15, 0.2) is 0 Å². The lowest BCUT2D eigenvalue weighted by atomic mass is 9.72. The van der Waals surface area contributed by atoms with E-state index in [0.717, 1.165) is 38.9 Å². The van der Waals surface area contributed by atoms with Crippen molar-refractivity contribution < 1.29 is 14.3 Å². The predicted molar refractivity (Wildman–Crippen MR) is 84.3 cm³/mol. The summed E-state index contributed by atoms with van der Waals surface area (Å²) >= 11 is 1.58. The minimum Gasteiger partial charge on any atom is -0.383 e. The van der Waals surface area contributed by atoms with Crippen molar-refractivity contribution in [3.63, 3.8) is 0 Å². The van der Waals surface area contributed by atoms with Crippen molar-refractivity contribution in [2.75, 3.05) is 51.9 Å². The van der Waals surface area contributed by atoms with Gasteiger partial charge in [0.1, 0.15) is 0 Å². The van der Waals surface area contributed by atoms with Crippen LogP contribution in [0.25, 0.3) is 0 Å². The van der Waals surface area contributed by atoms with E-state index in [1.807, 2.05) is 16.1 Å². The number of carbonyl (C=O) groups is 2. The standard InChI is InChI=1S/C15H26N2O3S/c1-20-10-9-17-12-15(4-3-13(17)18)5-7-16(8-6-15)14(19)11-21-2/h3-12H2,1-2H3. The molecule has 1 spiro atoms. The van der Waals surface area contributed by atoms with Gasteiger partial charge in [-0.25, -0.2) is 0 Å². The number of piperidine rings is 2. The summed E-state index contributed by atoms with van der Waals surface area (Å²) in [6.45, 7) is 3.80. The van der Waals surface area contributed by atoms with Crippen LogP contribution >= 0.6 is 11.8 Å². The maximum atomic E-state index is 12.0. The van der Waals surface area contributed by atoms with Crippen LogP contribution in [0.2, 0.25) is 0 Å². The molecule has 0 bridgehead atoms. The molecular formula is C15H26N2O3S. The van der Waals surface area contributed by atoms with Crippen molar-refractivity contribution in [1.82, 2.24) is 9.80 Å². The summed E-state index contributed by atoms with van der Waals surface area (Å²) in [4.78, 5) is 27.9. The number of carbonyl (C=O) groups excluding carboxylic acids is 2. The highest BCUT2D eigenvalue weighted by atomic mass is 32.2. The highest BCUT2D eigenvalue weighted by Crippen LogP contribution is 2.40. The van der Waals surface area contributed by atoms with E-state index in [0.29, 0.717) is 25.3 Å². The van der Waals surface area contributed by atoms with E-state index in [4.69, 9.17) is 4.74 Å². The van der Waals surface area contributed by atoms with E-state index in [1.165, 1.54) is 0 Å². The molecular weight excluding hydrogens is 288 g/mol. The number of likely N-dealkylation sites (tertiary alicyclic amines) is 2. The second-order valence-corrected chi connectivity index (χ2v) is 6.99. The number of amides is 2. The van der Waals surface area contributed by atoms with Gasteiger partial charge in [0.25, 0.3) is 0 Å². The van der Waals surface area contributed by atoms with Gasteiger partial charge in [-0.15, -0.1) is 0 Å². The molecule has 0 aliphatic carbocycles. The van der Waals surface area contributed by atoms with Crippen molar-refractivity contribution in [2.24, 2.45) is 5.41 Å². The Balaban J connectivity index is 1.89. The number of nitrogens with zero attached hydrogens (tertiary/aromatic N) is 2. The summed E-state index contributed by atoms with van der Waals surface area (Å²) in [5, 5.41) is 0. The van der Waals surface area contributed by atoms with Gasteiger partial charge >= 0.3 is 0 Å². The number of thioether (sulfide) groups is 1. The van der Waals surface area contributed by atoms with Crippen molar-refractivity contribution in [3.8, 4) is 0 Å². The van der Waals surface area contributed by atoms with E-state index in [2.05, 4.69) is 0 Å². The summed E-state index contributed by atoms with van der Waals surface area (Å²) in [6, 6.07) is 0. The summed E-state index contributed by atoms with van der Waals surface area (Å²) in [7, 11) is 1.67. The molecule has 2 saturated heterocycles. The molecule has 21 heavy (non-hydrogen) atoms. The highest BCUT2D eigenvalue weighted by molar-refractivity contribution is 7.99. The van der Waals surface area contributed by atoms with Crippen molar-refractivity contribution in [1.29, 1.82) is 0 Å². The lowest BCUT2D eigenvalue weighted by molar-refractivity contribution is -0.142. The molecule has 2 aliphatic heterocycles. The average molecular weight is 314 g/mol. The molecule has 120 valence electrons. The highest BCUT2D eigenvalue weighted by Gasteiger charge is 2.41. The molecule has 2 amide bonds. The first kappa shape index (κ1) is 16.6. The Hall–Kier alpha value is -0.750. The van der Waals surface area contributed by atoms with Crippen LogP contribution in [0.4, 0.5) is 0 Å². The number of rotatable bonds is 5. The Morgan fingerprint density at radius 3 is 2.67 bits per heavy atom. The second-order valence-electron chi connectivity index (χ2n) is 6.12. The second kappa shape index (κ2) is 7.49. The third-order valence-corrected chi connectivity index (χ3v) is 5.29. The number of methoxy groups -OCH3 is 1. The quantitative estimate of drug-likeness (QED) is 0.766. The van der Waals surface area contributed by atoms with Gasteiger partial charge in [0.05, 0.1) is 12.4 Å². The Bertz CT molecular complexity index is 381. The third-order valence-electron chi connectivity index (χ3n) is 4.76. The molecule has 2 rings (SSSR count). The lowest BCUT2D eigenvalue weighted by Gasteiger charge is -2.47. The Labute approximate surface area is 131 Å². The molecule has 0 unspecified atom stereocenters. The van der Waals surface area contributed by atoms with Crippen LogP contribution < -0.4 is 0 Å². The molecule has 2 fully saturated rings. The largest absolute Gasteiger partial charge is 0.383 e. The zero-order chi connectivity index (χ0) is 15.3. The molecule has 0 radical (unpaired) electrons. The molecule has 0 saturated carbocycles. The van der Waals surface area contributed by atoms with Gasteiger partial charge < -0.3 is 14.5 Å². The minimum absolute atomic E-state index is 0.220. The number of hydrogen-bond donors (Lipinski definition) is 0. The van der Waals surface area contributed by atoms with Crippen LogP contribution in [0.1, 0.15) is 25.7 Å². The molecule has 6 heteroatoms. The van der Waals surface area contributed by atoms with Crippen LogP contribution in [0, 0.1) is 5.41 Å². The van der Waals surface area contributed by atoms with Crippen LogP contribution in [-0.4, -0.2) is 73.5 Å². The van der Waals surface area contributed by atoms with Crippen molar-refractivity contribution in [3.05, 3.63) is 0 Å². The average Bonchev–Trinajstić information content (AvgIpc) is 2.49. The van der Waals surface area contributed by atoms with E-state index in [9.17, 15) is 9.59 Å². The number of hydrogen-bond acceptors (Lipinski definition) is 4. The lowest BCUT2D eigenvalue weighted by Crippen LogP contribution is -2.53. The minimum atomic E-state index is 0.220. The normalized spacial score (nSPS) is 21.9. The first-order valence-corrected chi connectivity index (χ1v) is 9.03. The zero-order valence-electron chi connectivity index (χ0n) is 13.1. The van der Waals surface area contributed by atoms with Crippen LogP contribution in [0.15, 0.2) is 0 Å². The van der Waals surface area contributed by atoms with Gasteiger partial charge in [0.2, 0.25) is 11.8 Å².